The van der Waals surface area contributed by atoms with Crippen molar-refractivity contribution in [3.63, 3.8) is 0 Å². The standard InChI is InChI=1S/C22H24N2O5/c1-2-29-22(28)15-5-8-17(9-6-15)24-14-19(21(26)27)18-13-16(7-10-20(18)24)23-11-3-4-12-25/h5-10,13-14,23,25H,2-4,11-12H2,1H3,(H,26,27). The molecule has 7 nitrogen and oxygen atoms in total. The number of esters is 1. The molecule has 0 saturated carbocycles. The zero-order valence-corrected chi connectivity index (χ0v) is 16.2. The van der Waals surface area contributed by atoms with Crippen LogP contribution in [0.3, 0.4) is 0 Å². The predicted octanol–water partition coefficient (Wildman–Crippen LogP) is 3.69. The van der Waals surface area contributed by atoms with Crippen molar-refractivity contribution in [1.82, 2.24) is 4.57 Å². The van der Waals surface area contributed by atoms with E-state index in [9.17, 15) is 14.7 Å². The molecule has 0 saturated heterocycles. The Kier molecular flexibility index (Phi) is 6.51. The molecule has 0 aliphatic rings. The van der Waals surface area contributed by atoms with Gasteiger partial charge in [0, 0.05) is 36.1 Å². The zero-order chi connectivity index (χ0) is 20.8. The van der Waals surface area contributed by atoms with Gasteiger partial charge >= 0.3 is 11.9 Å². The number of fused-ring (bicyclic) bond motifs is 1. The first-order valence-corrected chi connectivity index (χ1v) is 9.56. The Morgan fingerprint density at radius 2 is 1.86 bits per heavy atom. The maximum absolute atomic E-state index is 11.8. The summed E-state index contributed by atoms with van der Waals surface area (Å²) in [5.74, 6) is -1.39. The van der Waals surface area contributed by atoms with E-state index in [1.165, 1.54) is 0 Å². The number of unbranched alkanes of at least 4 members (excludes halogenated alkanes) is 1. The summed E-state index contributed by atoms with van der Waals surface area (Å²) in [4.78, 5) is 23.6. The maximum Gasteiger partial charge on any atom is 0.338 e. The summed E-state index contributed by atoms with van der Waals surface area (Å²) in [7, 11) is 0. The quantitative estimate of drug-likeness (QED) is 0.377. The highest BCUT2D eigenvalue weighted by Crippen LogP contribution is 2.28. The van der Waals surface area contributed by atoms with Crippen LogP contribution in [0, 0.1) is 0 Å². The molecule has 0 fully saturated rings. The predicted molar refractivity (Wildman–Crippen MR) is 111 cm³/mol. The molecular weight excluding hydrogens is 372 g/mol. The van der Waals surface area contributed by atoms with E-state index in [0.29, 0.717) is 30.5 Å². The number of aromatic nitrogens is 1. The van der Waals surface area contributed by atoms with Crippen LogP contribution in [0.2, 0.25) is 0 Å². The fraction of sp³-hybridized carbons (Fsp3) is 0.273. The first kappa shape index (κ1) is 20.4. The van der Waals surface area contributed by atoms with Crippen molar-refractivity contribution in [1.29, 1.82) is 0 Å². The van der Waals surface area contributed by atoms with E-state index in [-0.39, 0.29) is 18.1 Å². The minimum Gasteiger partial charge on any atom is -0.478 e. The first-order valence-electron chi connectivity index (χ1n) is 9.56. The minimum absolute atomic E-state index is 0.154. The first-order chi connectivity index (χ1) is 14.0. The van der Waals surface area contributed by atoms with Crippen molar-refractivity contribution in [3.8, 4) is 5.69 Å². The summed E-state index contributed by atoms with van der Waals surface area (Å²) in [5.41, 5.74) is 2.98. The maximum atomic E-state index is 11.8. The molecule has 1 aromatic heterocycles. The van der Waals surface area contributed by atoms with Crippen molar-refractivity contribution in [2.24, 2.45) is 0 Å². The monoisotopic (exact) mass is 396 g/mol. The molecule has 3 N–H and O–H groups in total. The molecule has 7 heteroatoms. The summed E-state index contributed by atoms with van der Waals surface area (Å²) in [6, 6.07) is 12.4. The van der Waals surface area contributed by atoms with Gasteiger partial charge in [-0.15, -0.1) is 0 Å². The number of carboxylic acids is 1. The fourth-order valence-corrected chi connectivity index (χ4v) is 3.17. The third-order valence-corrected chi connectivity index (χ3v) is 4.61. The number of nitrogens with zero attached hydrogens (tertiary/aromatic N) is 1. The highest BCUT2D eigenvalue weighted by molar-refractivity contribution is 6.05. The van der Waals surface area contributed by atoms with E-state index in [0.717, 1.165) is 23.3 Å². The number of carbonyl (C=O) groups excluding carboxylic acids is 1. The van der Waals surface area contributed by atoms with Gasteiger partial charge in [-0.1, -0.05) is 0 Å². The largest absolute Gasteiger partial charge is 0.478 e. The summed E-state index contributed by atoms with van der Waals surface area (Å²) in [6.45, 7) is 2.91. The van der Waals surface area contributed by atoms with Gasteiger partial charge in [-0.05, 0) is 62.2 Å². The highest BCUT2D eigenvalue weighted by Gasteiger charge is 2.16. The van der Waals surface area contributed by atoms with E-state index in [1.54, 1.807) is 42.0 Å². The van der Waals surface area contributed by atoms with Crippen molar-refractivity contribution >= 4 is 28.5 Å². The van der Waals surface area contributed by atoms with Gasteiger partial charge in [0.2, 0.25) is 0 Å². The summed E-state index contributed by atoms with van der Waals surface area (Å²) < 4.78 is 6.79. The third kappa shape index (κ3) is 4.57. The smallest absolute Gasteiger partial charge is 0.338 e. The van der Waals surface area contributed by atoms with E-state index in [1.807, 2.05) is 18.2 Å². The molecule has 0 atom stereocenters. The number of aromatic carboxylic acids is 1. The molecule has 0 spiro atoms. The number of aliphatic hydroxyl groups excluding tert-OH is 1. The summed E-state index contributed by atoms with van der Waals surface area (Å²) >= 11 is 0. The number of carbonyl (C=O) groups is 2. The number of anilines is 1. The van der Waals surface area contributed by atoms with Gasteiger partial charge in [0.1, 0.15) is 0 Å². The number of benzene rings is 2. The average Bonchev–Trinajstić information content (AvgIpc) is 3.11. The number of rotatable bonds is 9. The summed E-state index contributed by atoms with van der Waals surface area (Å²) in [5, 5.41) is 22.4. The van der Waals surface area contributed by atoms with Crippen molar-refractivity contribution in [2.75, 3.05) is 25.1 Å². The number of carboxylic acid groups (broad SMARTS) is 1. The average molecular weight is 396 g/mol. The second-order valence-electron chi connectivity index (χ2n) is 6.57. The van der Waals surface area contributed by atoms with Gasteiger partial charge in [-0.2, -0.15) is 0 Å². The molecule has 2 aromatic carbocycles. The molecule has 0 bridgehead atoms. The summed E-state index contributed by atoms with van der Waals surface area (Å²) in [6.07, 6.45) is 3.13. The number of aliphatic hydroxyl groups is 1. The number of nitrogens with one attached hydrogen (secondary N) is 1. The van der Waals surface area contributed by atoms with Crippen LogP contribution in [0.1, 0.15) is 40.5 Å². The lowest BCUT2D eigenvalue weighted by molar-refractivity contribution is 0.0526. The number of hydrogen-bond donors (Lipinski definition) is 3. The van der Waals surface area contributed by atoms with Gasteiger partial charge in [0.15, 0.2) is 0 Å². The van der Waals surface area contributed by atoms with Crippen LogP contribution in [0.4, 0.5) is 5.69 Å². The van der Waals surface area contributed by atoms with E-state index in [2.05, 4.69) is 5.32 Å². The third-order valence-electron chi connectivity index (χ3n) is 4.61. The van der Waals surface area contributed by atoms with Crippen LogP contribution in [-0.4, -0.2) is 46.5 Å². The van der Waals surface area contributed by atoms with Crippen molar-refractivity contribution in [2.45, 2.75) is 19.8 Å². The molecule has 3 aromatic rings. The molecule has 0 amide bonds. The molecule has 0 aliphatic carbocycles. The van der Waals surface area contributed by atoms with Gasteiger partial charge in [0.05, 0.1) is 23.3 Å². The van der Waals surface area contributed by atoms with Crippen LogP contribution < -0.4 is 5.32 Å². The normalized spacial score (nSPS) is 10.8. The van der Waals surface area contributed by atoms with Crippen LogP contribution in [-0.2, 0) is 4.74 Å². The molecule has 3 rings (SSSR count). The Morgan fingerprint density at radius 1 is 1.10 bits per heavy atom. The topological polar surface area (TPSA) is 101 Å². The van der Waals surface area contributed by atoms with E-state index in [4.69, 9.17) is 9.84 Å². The molecule has 29 heavy (non-hydrogen) atoms. The Morgan fingerprint density at radius 3 is 2.52 bits per heavy atom. The van der Waals surface area contributed by atoms with Crippen LogP contribution >= 0.6 is 0 Å². The lowest BCUT2D eigenvalue weighted by Crippen LogP contribution is -2.04. The SMILES string of the molecule is CCOC(=O)c1ccc(-n2cc(C(=O)O)c3cc(NCCCCO)ccc32)cc1. The Balaban J connectivity index is 1.94. The van der Waals surface area contributed by atoms with Crippen molar-refractivity contribution < 1.29 is 24.5 Å². The second kappa shape index (κ2) is 9.25. The molecule has 0 radical (unpaired) electrons. The van der Waals surface area contributed by atoms with Crippen LogP contribution in [0.25, 0.3) is 16.6 Å². The van der Waals surface area contributed by atoms with Gasteiger partial charge in [-0.25, -0.2) is 9.59 Å². The molecule has 152 valence electrons. The molecule has 0 aliphatic heterocycles. The Bertz CT molecular complexity index is 1010. The van der Waals surface area contributed by atoms with Gasteiger partial charge in [0.25, 0.3) is 0 Å². The highest BCUT2D eigenvalue weighted by atomic mass is 16.5. The lowest BCUT2D eigenvalue weighted by atomic mass is 10.1. The van der Waals surface area contributed by atoms with Crippen LogP contribution in [0.15, 0.2) is 48.7 Å². The van der Waals surface area contributed by atoms with E-state index >= 15 is 0 Å². The van der Waals surface area contributed by atoms with Crippen molar-refractivity contribution in [3.05, 3.63) is 59.8 Å². The fourth-order valence-electron chi connectivity index (χ4n) is 3.17. The number of ether oxygens (including phenoxy) is 1. The number of hydrogen-bond acceptors (Lipinski definition) is 5. The van der Waals surface area contributed by atoms with Gasteiger partial charge < -0.3 is 24.8 Å². The van der Waals surface area contributed by atoms with E-state index < -0.39 is 5.97 Å². The Labute approximate surface area is 168 Å². The lowest BCUT2D eigenvalue weighted by Gasteiger charge is -2.09. The molecule has 0 unspecified atom stereocenters. The second-order valence-corrected chi connectivity index (χ2v) is 6.57. The van der Waals surface area contributed by atoms with Crippen LogP contribution in [0.5, 0.6) is 0 Å². The molecular formula is C22H24N2O5. The minimum atomic E-state index is -1.01. The zero-order valence-electron chi connectivity index (χ0n) is 16.2. The molecule has 1 heterocycles. The van der Waals surface area contributed by atoms with Gasteiger partial charge in [-0.3, -0.25) is 0 Å². The Hall–Kier alpha value is -3.32.